The van der Waals surface area contributed by atoms with E-state index in [4.69, 9.17) is 4.74 Å². The Hall–Kier alpha value is -1.16. The third kappa shape index (κ3) is 2.41. The fourth-order valence-electron chi connectivity index (χ4n) is 3.78. The number of aliphatic carboxylic acids is 1. The summed E-state index contributed by atoms with van der Waals surface area (Å²) in [6, 6.07) is 0. The second-order valence-electron chi connectivity index (χ2n) is 6.85. The lowest BCUT2D eigenvalue weighted by Gasteiger charge is -2.41. The Balaban J connectivity index is 2.46. The van der Waals surface area contributed by atoms with Crippen molar-refractivity contribution in [2.75, 3.05) is 0 Å². The number of ether oxygens (including phenoxy) is 1. The van der Waals surface area contributed by atoms with Gasteiger partial charge in [-0.15, -0.1) is 0 Å². The largest absolute Gasteiger partial charge is 0.478 e. The van der Waals surface area contributed by atoms with Crippen LogP contribution in [-0.4, -0.2) is 28.6 Å². The Bertz CT molecular complexity index is 469. The molecule has 2 rings (SSSR count). The molecule has 0 aromatic heterocycles. The first-order valence-electron chi connectivity index (χ1n) is 7.39. The molecule has 20 heavy (non-hydrogen) atoms. The van der Waals surface area contributed by atoms with E-state index in [0.29, 0.717) is 12.8 Å². The summed E-state index contributed by atoms with van der Waals surface area (Å²) in [5.74, 6) is -1.29. The van der Waals surface area contributed by atoms with Crippen LogP contribution in [0.15, 0.2) is 11.1 Å². The molecule has 0 aromatic rings. The van der Waals surface area contributed by atoms with Crippen LogP contribution in [0, 0.1) is 5.41 Å². The van der Waals surface area contributed by atoms with Crippen molar-refractivity contribution in [3.63, 3.8) is 0 Å². The molecule has 1 N–H and O–H groups in total. The minimum Gasteiger partial charge on any atom is -0.478 e. The van der Waals surface area contributed by atoms with E-state index in [9.17, 15) is 14.7 Å². The van der Waals surface area contributed by atoms with Gasteiger partial charge in [-0.05, 0) is 52.0 Å². The quantitative estimate of drug-likeness (QED) is 0.807. The molecule has 0 bridgehead atoms. The number of hydrogen-bond acceptors (Lipinski definition) is 3. The highest BCUT2D eigenvalue weighted by Crippen LogP contribution is 2.55. The van der Waals surface area contributed by atoms with Crippen molar-refractivity contribution < 1.29 is 19.4 Å². The van der Waals surface area contributed by atoms with Crippen LogP contribution in [0.5, 0.6) is 0 Å². The van der Waals surface area contributed by atoms with Crippen molar-refractivity contribution in [1.82, 2.24) is 0 Å². The van der Waals surface area contributed by atoms with Crippen LogP contribution in [0.2, 0.25) is 0 Å². The normalized spacial score (nSPS) is 30.6. The van der Waals surface area contributed by atoms with E-state index >= 15 is 0 Å². The van der Waals surface area contributed by atoms with Crippen LogP contribution >= 0.6 is 0 Å². The molecule has 0 aromatic carbocycles. The molecule has 4 heteroatoms. The van der Waals surface area contributed by atoms with Crippen molar-refractivity contribution in [2.24, 2.45) is 5.41 Å². The first-order chi connectivity index (χ1) is 9.21. The number of Topliss-reactive ketones (excluding diaryl/α,β-unsaturated/α-hetero) is 1. The molecule has 0 radical (unpaired) electrons. The topological polar surface area (TPSA) is 63.6 Å². The van der Waals surface area contributed by atoms with E-state index < -0.39 is 5.97 Å². The molecule has 0 aliphatic heterocycles. The van der Waals surface area contributed by atoms with Gasteiger partial charge in [0, 0.05) is 11.8 Å². The van der Waals surface area contributed by atoms with Crippen molar-refractivity contribution in [3.05, 3.63) is 11.1 Å². The summed E-state index contributed by atoms with van der Waals surface area (Å²) in [4.78, 5) is 23.4. The smallest absolute Gasteiger partial charge is 0.339 e. The van der Waals surface area contributed by atoms with Gasteiger partial charge in [0.1, 0.15) is 5.57 Å². The van der Waals surface area contributed by atoms with E-state index in [2.05, 4.69) is 6.92 Å². The van der Waals surface area contributed by atoms with Crippen LogP contribution in [0.3, 0.4) is 0 Å². The summed E-state index contributed by atoms with van der Waals surface area (Å²) >= 11 is 0. The van der Waals surface area contributed by atoms with Crippen molar-refractivity contribution in [3.8, 4) is 0 Å². The zero-order chi connectivity index (χ0) is 15.1. The second-order valence-corrected chi connectivity index (χ2v) is 6.85. The van der Waals surface area contributed by atoms with Crippen molar-refractivity contribution in [1.29, 1.82) is 0 Å². The summed E-state index contributed by atoms with van der Waals surface area (Å²) in [5, 5.41) is 9.37. The standard InChI is InChI=1S/C16H24O4/c1-5-16-9-8-11(17)13(14(18)19)10(16)6-7-12(16)20-15(2,3)4/h12H,5-9H2,1-4H3,(H,18,19)/t12-,16-/m0/s1. The summed E-state index contributed by atoms with van der Waals surface area (Å²) in [6.45, 7) is 8.12. The predicted molar refractivity (Wildman–Crippen MR) is 75.5 cm³/mol. The Labute approximate surface area is 120 Å². The molecule has 112 valence electrons. The number of carboxylic acid groups (broad SMARTS) is 1. The highest BCUT2D eigenvalue weighted by Gasteiger charge is 2.52. The van der Waals surface area contributed by atoms with Crippen molar-refractivity contribution in [2.45, 2.75) is 71.5 Å². The number of fused-ring (bicyclic) bond motifs is 1. The molecule has 2 atom stereocenters. The Morgan fingerprint density at radius 1 is 1.40 bits per heavy atom. The molecule has 1 fully saturated rings. The highest BCUT2D eigenvalue weighted by atomic mass is 16.5. The average Bonchev–Trinajstić information content (AvgIpc) is 2.66. The Kier molecular flexibility index (Phi) is 3.80. The zero-order valence-corrected chi connectivity index (χ0v) is 12.8. The van der Waals surface area contributed by atoms with Crippen molar-refractivity contribution >= 4 is 11.8 Å². The van der Waals surface area contributed by atoms with E-state index in [1.54, 1.807) is 0 Å². The molecular weight excluding hydrogens is 256 g/mol. The lowest BCUT2D eigenvalue weighted by molar-refractivity contribution is -0.136. The number of hydrogen-bond donors (Lipinski definition) is 1. The summed E-state index contributed by atoms with van der Waals surface area (Å²) in [6.07, 6.45) is 3.36. The minimum absolute atomic E-state index is 0.0185. The first-order valence-corrected chi connectivity index (χ1v) is 7.39. The van der Waals surface area contributed by atoms with Gasteiger partial charge in [0.25, 0.3) is 0 Å². The lowest BCUT2D eigenvalue weighted by atomic mass is 9.68. The third-order valence-electron chi connectivity index (χ3n) is 4.59. The number of rotatable bonds is 3. The molecule has 0 unspecified atom stereocenters. The van der Waals surface area contributed by atoms with Crippen LogP contribution in [0.25, 0.3) is 0 Å². The van der Waals surface area contributed by atoms with Gasteiger partial charge in [-0.2, -0.15) is 0 Å². The summed E-state index contributed by atoms with van der Waals surface area (Å²) in [5.41, 5.74) is 0.360. The van der Waals surface area contributed by atoms with Crippen LogP contribution < -0.4 is 0 Å². The van der Waals surface area contributed by atoms with Gasteiger partial charge in [-0.1, -0.05) is 6.92 Å². The van der Waals surface area contributed by atoms with E-state index in [0.717, 1.165) is 24.8 Å². The Morgan fingerprint density at radius 3 is 2.55 bits per heavy atom. The average molecular weight is 280 g/mol. The second kappa shape index (κ2) is 4.99. The summed E-state index contributed by atoms with van der Waals surface area (Å²) < 4.78 is 6.19. The van der Waals surface area contributed by atoms with Crippen LogP contribution in [0.1, 0.15) is 59.8 Å². The fraction of sp³-hybridized carbons (Fsp3) is 0.750. The maximum absolute atomic E-state index is 11.9. The van der Waals surface area contributed by atoms with E-state index in [1.807, 2.05) is 20.8 Å². The molecule has 2 aliphatic carbocycles. The van der Waals surface area contributed by atoms with Gasteiger partial charge < -0.3 is 9.84 Å². The van der Waals surface area contributed by atoms with Crippen LogP contribution in [-0.2, 0) is 14.3 Å². The third-order valence-corrected chi connectivity index (χ3v) is 4.59. The van der Waals surface area contributed by atoms with Gasteiger partial charge in [-0.3, -0.25) is 4.79 Å². The minimum atomic E-state index is -1.07. The molecule has 0 heterocycles. The molecular formula is C16H24O4. The molecule has 4 nitrogen and oxygen atoms in total. The van der Waals surface area contributed by atoms with Gasteiger partial charge in [0.2, 0.25) is 0 Å². The number of carbonyl (C=O) groups is 2. The summed E-state index contributed by atoms with van der Waals surface area (Å²) in [7, 11) is 0. The molecule has 0 spiro atoms. The zero-order valence-electron chi connectivity index (χ0n) is 12.8. The number of carbonyl (C=O) groups excluding carboxylic acids is 1. The Morgan fingerprint density at radius 2 is 2.05 bits per heavy atom. The highest BCUT2D eigenvalue weighted by molar-refractivity contribution is 6.18. The molecule has 0 saturated heterocycles. The van der Waals surface area contributed by atoms with Gasteiger partial charge >= 0.3 is 5.97 Å². The van der Waals surface area contributed by atoms with Gasteiger partial charge in [-0.25, -0.2) is 4.79 Å². The lowest BCUT2D eigenvalue weighted by Crippen LogP contribution is -2.41. The molecule has 1 saturated carbocycles. The monoisotopic (exact) mass is 280 g/mol. The first kappa shape index (κ1) is 15.2. The fourth-order valence-corrected chi connectivity index (χ4v) is 3.78. The van der Waals surface area contributed by atoms with Gasteiger partial charge in [0.05, 0.1) is 11.7 Å². The van der Waals surface area contributed by atoms with E-state index in [-0.39, 0.29) is 28.5 Å². The van der Waals surface area contributed by atoms with E-state index in [1.165, 1.54) is 0 Å². The van der Waals surface area contributed by atoms with Gasteiger partial charge in [0.15, 0.2) is 5.78 Å². The molecule has 0 amide bonds. The predicted octanol–water partition coefficient (Wildman–Crippen LogP) is 3.10. The SMILES string of the molecule is CC[C@]12CCC(=O)C(C(=O)O)=C1CC[C@@H]2OC(C)(C)C. The molecule has 2 aliphatic rings. The number of carboxylic acids is 1. The number of ketones is 1. The maximum Gasteiger partial charge on any atom is 0.339 e. The van der Waals surface area contributed by atoms with Crippen LogP contribution in [0.4, 0.5) is 0 Å². The maximum atomic E-state index is 11.9.